The number of ether oxygens (including phenoxy) is 1. The predicted molar refractivity (Wildman–Crippen MR) is 110 cm³/mol. The maximum Gasteiger partial charge on any atom is 0.305 e. The molecular formula is C23H46O2. The van der Waals surface area contributed by atoms with Gasteiger partial charge in [0.25, 0.3) is 0 Å². The number of rotatable bonds is 20. The highest BCUT2D eigenvalue weighted by Gasteiger charge is 2.02. The number of esters is 1. The van der Waals surface area contributed by atoms with Crippen molar-refractivity contribution in [2.45, 2.75) is 136 Å². The number of carbonyl (C=O) groups is 1. The van der Waals surface area contributed by atoms with Gasteiger partial charge in [0.1, 0.15) is 0 Å². The molecule has 25 heavy (non-hydrogen) atoms. The van der Waals surface area contributed by atoms with Crippen molar-refractivity contribution < 1.29 is 9.53 Å². The van der Waals surface area contributed by atoms with Crippen LogP contribution in [0.3, 0.4) is 0 Å². The lowest BCUT2D eigenvalue weighted by atomic mass is 10.1. The number of carbonyl (C=O) groups excluding carboxylic acids is 1. The van der Waals surface area contributed by atoms with Crippen LogP contribution in [0, 0.1) is 0 Å². The van der Waals surface area contributed by atoms with E-state index in [-0.39, 0.29) is 5.97 Å². The monoisotopic (exact) mass is 354 g/mol. The summed E-state index contributed by atoms with van der Waals surface area (Å²) in [6, 6.07) is 0. The third-order valence-electron chi connectivity index (χ3n) is 5.00. The maximum absolute atomic E-state index is 11.6. The lowest BCUT2D eigenvalue weighted by molar-refractivity contribution is -0.143. The Morgan fingerprint density at radius 1 is 0.520 bits per heavy atom. The average molecular weight is 355 g/mol. The number of unbranched alkanes of at least 4 members (excludes halogenated alkanes) is 16. The van der Waals surface area contributed by atoms with E-state index in [1.165, 1.54) is 103 Å². The van der Waals surface area contributed by atoms with Crippen LogP contribution in [0.2, 0.25) is 0 Å². The summed E-state index contributed by atoms with van der Waals surface area (Å²) in [5, 5.41) is 0. The summed E-state index contributed by atoms with van der Waals surface area (Å²) in [5.41, 5.74) is 0. The van der Waals surface area contributed by atoms with Crippen LogP contribution >= 0.6 is 0 Å². The second-order valence-corrected chi connectivity index (χ2v) is 7.63. The third-order valence-corrected chi connectivity index (χ3v) is 5.00. The second-order valence-electron chi connectivity index (χ2n) is 7.63. The summed E-state index contributed by atoms with van der Waals surface area (Å²) in [5.74, 6) is 0.0145. The van der Waals surface area contributed by atoms with Crippen LogP contribution in [0.15, 0.2) is 0 Å². The van der Waals surface area contributed by atoms with Crippen molar-refractivity contribution in [3.63, 3.8) is 0 Å². The smallest absolute Gasteiger partial charge is 0.305 e. The normalized spacial score (nSPS) is 11.0. The van der Waals surface area contributed by atoms with Gasteiger partial charge in [-0.3, -0.25) is 4.79 Å². The molecule has 0 radical (unpaired) electrons. The Bertz CT molecular complexity index is 263. The van der Waals surface area contributed by atoms with Gasteiger partial charge in [-0.15, -0.1) is 0 Å². The molecule has 0 N–H and O–H groups in total. The van der Waals surface area contributed by atoms with Gasteiger partial charge < -0.3 is 4.74 Å². The number of hydrogen-bond acceptors (Lipinski definition) is 2. The van der Waals surface area contributed by atoms with E-state index in [2.05, 4.69) is 13.8 Å². The molecule has 0 aliphatic carbocycles. The molecule has 2 heteroatoms. The molecule has 0 saturated carbocycles. The lowest BCUT2D eigenvalue weighted by Crippen LogP contribution is -2.05. The predicted octanol–water partition coefficient (Wildman–Crippen LogP) is 7.98. The van der Waals surface area contributed by atoms with Crippen molar-refractivity contribution in [3.8, 4) is 0 Å². The zero-order chi connectivity index (χ0) is 18.4. The molecule has 2 nitrogen and oxygen atoms in total. The van der Waals surface area contributed by atoms with E-state index in [4.69, 9.17) is 4.74 Å². The van der Waals surface area contributed by atoms with Crippen molar-refractivity contribution in [1.82, 2.24) is 0 Å². The van der Waals surface area contributed by atoms with Crippen LogP contribution in [0.5, 0.6) is 0 Å². The number of hydrogen-bond donors (Lipinski definition) is 0. The van der Waals surface area contributed by atoms with E-state index >= 15 is 0 Å². The van der Waals surface area contributed by atoms with Crippen LogP contribution in [-0.4, -0.2) is 12.6 Å². The minimum atomic E-state index is 0.0145. The fraction of sp³-hybridized carbons (Fsp3) is 0.957. The molecule has 0 amide bonds. The molecule has 0 atom stereocenters. The van der Waals surface area contributed by atoms with E-state index < -0.39 is 0 Å². The first-order valence-corrected chi connectivity index (χ1v) is 11.5. The fourth-order valence-electron chi connectivity index (χ4n) is 3.25. The Hall–Kier alpha value is -0.530. The van der Waals surface area contributed by atoms with Crippen molar-refractivity contribution in [1.29, 1.82) is 0 Å². The van der Waals surface area contributed by atoms with Gasteiger partial charge in [0, 0.05) is 6.42 Å². The molecule has 0 aliphatic rings. The molecule has 0 aromatic heterocycles. The standard InChI is InChI=1S/C23H46O2/c1-3-5-7-9-11-12-13-14-16-18-20-22-25-23(24)21-19-17-15-10-8-6-4-2/h3-22H2,1-2H3. The van der Waals surface area contributed by atoms with Gasteiger partial charge in [0.15, 0.2) is 0 Å². The minimum absolute atomic E-state index is 0.0145. The van der Waals surface area contributed by atoms with Crippen LogP contribution in [0.1, 0.15) is 136 Å². The molecule has 0 rings (SSSR count). The van der Waals surface area contributed by atoms with Crippen molar-refractivity contribution in [2.75, 3.05) is 6.61 Å². The van der Waals surface area contributed by atoms with Crippen LogP contribution < -0.4 is 0 Å². The van der Waals surface area contributed by atoms with E-state index in [1.54, 1.807) is 0 Å². The van der Waals surface area contributed by atoms with Gasteiger partial charge in [-0.2, -0.15) is 0 Å². The Kier molecular flexibility index (Phi) is 21.1. The molecule has 150 valence electrons. The quantitative estimate of drug-likeness (QED) is 0.164. The summed E-state index contributed by atoms with van der Waals surface area (Å²) >= 11 is 0. The van der Waals surface area contributed by atoms with E-state index in [1.807, 2.05) is 0 Å². The van der Waals surface area contributed by atoms with Crippen LogP contribution in [0.25, 0.3) is 0 Å². The summed E-state index contributed by atoms with van der Waals surface area (Å²) in [7, 11) is 0. The topological polar surface area (TPSA) is 26.3 Å². The van der Waals surface area contributed by atoms with Gasteiger partial charge in [0.05, 0.1) is 6.61 Å². The maximum atomic E-state index is 11.6. The lowest BCUT2D eigenvalue weighted by Gasteiger charge is -2.05. The zero-order valence-electron chi connectivity index (χ0n) is 17.5. The molecule has 0 unspecified atom stereocenters. The largest absolute Gasteiger partial charge is 0.466 e. The van der Waals surface area contributed by atoms with Crippen molar-refractivity contribution >= 4 is 5.97 Å². The Morgan fingerprint density at radius 2 is 0.880 bits per heavy atom. The average Bonchev–Trinajstić information content (AvgIpc) is 2.62. The van der Waals surface area contributed by atoms with Crippen molar-refractivity contribution in [3.05, 3.63) is 0 Å². The van der Waals surface area contributed by atoms with Crippen LogP contribution in [0.4, 0.5) is 0 Å². The second kappa shape index (κ2) is 21.5. The minimum Gasteiger partial charge on any atom is -0.466 e. The van der Waals surface area contributed by atoms with E-state index in [0.717, 1.165) is 12.8 Å². The van der Waals surface area contributed by atoms with Crippen molar-refractivity contribution in [2.24, 2.45) is 0 Å². The Balaban J connectivity index is 3.12. The zero-order valence-corrected chi connectivity index (χ0v) is 17.5. The first kappa shape index (κ1) is 24.5. The Labute approximate surface area is 158 Å². The highest BCUT2D eigenvalue weighted by molar-refractivity contribution is 5.69. The van der Waals surface area contributed by atoms with Gasteiger partial charge in [-0.05, 0) is 12.8 Å². The molecule has 0 aromatic carbocycles. The van der Waals surface area contributed by atoms with E-state index in [0.29, 0.717) is 13.0 Å². The molecule has 0 spiro atoms. The molecule has 0 bridgehead atoms. The molecular weight excluding hydrogens is 308 g/mol. The third kappa shape index (κ3) is 21.4. The highest BCUT2D eigenvalue weighted by Crippen LogP contribution is 2.12. The summed E-state index contributed by atoms with van der Waals surface area (Å²) in [6.07, 6.45) is 24.0. The highest BCUT2D eigenvalue weighted by atomic mass is 16.5. The fourth-order valence-corrected chi connectivity index (χ4v) is 3.25. The Morgan fingerprint density at radius 3 is 1.32 bits per heavy atom. The summed E-state index contributed by atoms with van der Waals surface area (Å²) in [6.45, 7) is 5.14. The molecule has 0 fully saturated rings. The van der Waals surface area contributed by atoms with Gasteiger partial charge in [0.2, 0.25) is 0 Å². The first-order chi connectivity index (χ1) is 12.3. The van der Waals surface area contributed by atoms with Gasteiger partial charge >= 0.3 is 5.97 Å². The summed E-state index contributed by atoms with van der Waals surface area (Å²) in [4.78, 5) is 11.6. The van der Waals surface area contributed by atoms with Gasteiger partial charge in [-0.1, -0.05) is 117 Å². The summed E-state index contributed by atoms with van der Waals surface area (Å²) < 4.78 is 5.33. The SMILES string of the molecule is CCCCCCCCCCCCCOC(=O)CCCCCCCCC. The molecule has 0 saturated heterocycles. The van der Waals surface area contributed by atoms with E-state index in [9.17, 15) is 4.79 Å². The molecule has 0 aliphatic heterocycles. The molecule has 0 heterocycles. The first-order valence-electron chi connectivity index (χ1n) is 11.5. The van der Waals surface area contributed by atoms with Crippen LogP contribution in [-0.2, 0) is 9.53 Å². The molecule has 0 aromatic rings. The van der Waals surface area contributed by atoms with Gasteiger partial charge in [-0.25, -0.2) is 0 Å².